The minimum Gasteiger partial charge on any atom is -0.378 e. The molecule has 92 valence electrons. The molecule has 3 heteroatoms. The van der Waals surface area contributed by atoms with E-state index in [1.807, 2.05) is 57.1 Å². The van der Waals surface area contributed by atoms with E-state index >= 15 is 0 Å². The third-order valence-electron chi connectivity index (χ3n) is 2.34. The van der Waals surface area contributed by atoms with Crippen LogP contribution in [0.4, 0.5) is 5.69 Å². The Hall–Kier alpha value is -1.77. The number of hydrogen-bond donors (Lipinski definition) is 1. The van der Waals surface area contributed by atoms with Gasteiger partial charge in [0.05, 0.1) is 0 Å². The molecule has 0 aliphatic carbocycles. The molecule has 0 aliphatic heterocycles. The third kappa shape index (κ3) is 4.72. The van der Waals surface area contributed by atoms with Crippen molar-refractivity contribution in [2.45, 2.75) is 20.4 Å². The molecule has 0 heterocycles. The third-order valence-corrected chi connectivity index (χ3v) is 2.34. The molecule has 1 rings (SSSR count). The summed E-state index contributed by atoms with van der Waals surface area (Å²) in [6.07, 6.45) is 1.61. The van der Waals surface area contributed by atoms with Crippen molar-refractivity contribution < 1.29 is 4.79 Å². The molecule has 0 aliphatic rings. The summed E-state index contributed by atoms with van der Waals surface area (Å²) in [5.74, 6) is -0.0401. The first-order valence-electron chi connectivity index (χ1n) is 5.68. The fraction of sp³-hybridized carbons (Fsp3) is 0.357. The van der Waals surface area contributed by atoms with E-state index in [-0.39, 0.29) is 5.91 Å². The van der Waals surface area contributed by atoms with Crippen LogP contribution < -0.4 is 10.2 Å². The summed E-state index contributed by atoms with van der Waals surface area (Å²) in [5.41, 5.74) is 3.26. The monoisotopic (exact) mass is 232 g/mol. The fourth-order valence-corrected chi connectivity index (χ4v) is 1.41. The molecule has 3 nitrogen and oxygen atoms in total. The van der Waals surface area contributed by atoms with Gasteiger partial charge in [-0.25, -0.2) is 0 Å². The van der Waals surface area contributed by atoms with Gasteiger partial charge in [0, 0.05) is 32.4 Å². The normalized spacial score (nSPS) is 9.65. The van der Waals surface area contributed by atoms with E-state index in [2.05, 4.69) is 5.32 Å². The van der Waals surface area contributed by atoms with E-state index < -0.39 is 0 Å². The van der Waals surface area contributed by atoms with Crippen molar-refractivity contribution in [1.82, 2.24) is 5.32 Å². The second-order valence-electron chi connectivity index (χ2n) is 4.50. The zero-order valence-electron chi connectivity index (χ0n) is 10.9. The van der Waals surface area contributed by atoms with Crippen LogP contribution in [0.5, 0.6) is 0 Å². The van der Waals surface area contributed by atoms with E-state index in [1.165, 1.54) is 0 Å². The van der Waals surface area contributed by atoms with Crippen LogP contribution in [0.25, 0.3) is 0 Å². The number of carbonyl (C=O) groups is 1. The number of nitrogens with zero attached hydrogens (tertiary/aromatic N) is 1. The maximum absolute atomic E-state index is 11.4. The highest BCUT2D eigenvalue weighted by Crippen LogP contribution is 2.11. The van der Waals surface area contributed by atoms with E-state index in [0.29, 0.717) is 6.54 Å². The lowest BCUT2D eigenvalue weighted by Gasteiger charge is -2.12. The van der Waals surface area contributed by atoms with Crippen molar-refractivity contribution in [1.29, 1.82) is 0 Å². The highest BCUT2D eigenvalue weighted by molar-refractivity contribution is 5.87. The van der Waals surface area contributed by atoms with Crippen LogP contribution in [0.2, 0.25) is 0 Å². The first-order valence-corrected chi connectivity index (χ1v) is 5.68. The summed E-state index contributed by atoms with van der Waals surface area (Å²) < 4.78 is 0. The maximum Gasteiger partial charge on any atom is 0.244 e. The van der Waals surface area contributed by atoms with Gasteiger partial charge in [-0.05, 0) is 31.5 Å². The van der Waals surface area contributed by atoms with Gasteiger partial charge < -0.3 is 10.2 Å². The largest absolute Gasteiger partial charge is 0.378 e. The predicted molar refractivity (Wildman–Crippen MR) is 72.0 cm³/mol. The Morgan fingerprint density at radius 1 is 1.24 bits per heavy atom. The lowest BCUT2D eigenvalue weighted by molar-refractivity contribution is -0.116. The number of rotatable bonds is 4. The molecule has 0 atom stereocenters. The van der Waals surface area contributed by atoms with Crippen LogP contribution in [0.3, 0.4) is 0 Å². The molecule has 0 bridgehead atoms. The van der Waals surface area contributed by atoms with Gasteiger partial charge in [0.1, 0.15) is 0 Å². The zero-order chi connectivity index (χ0) is 12.8. The highest BCUT2D eigenvalue weighted by Gasteiger charge is 1.98. The second-order valence-corrected chi connectivity index (χ2v) is 4.50. The molecule has 1 N–H and O–H groups in total. The van der Waals surface area contributed by atoms with Crippen molar-refractivity contribution in [3.63, 3.8) is 0 Å². The van der Waals surface area contributed by atoms with Crippen LogP contribution in [-0.4, -0.2) is 20.0 Å². The van der Waals surface area contributed by atoms with Crippen molar-refractivity contribution in [2.24, 2.45) is 0 Å². The molecule has 0 radical (unpaired) electrons. The molecule has 1 amide bonds. The van der Waals surface area contributed by atoms with Crippen LogP contribution in [-0.2, 0) is 11.3 Å². The standard InChI is InChI=1S/C14H20N2O/c1-11(2)9-14(17)15-10-12-5-7-13(8-6-12)16(3)4/h5-9H,10H2,1-4H3,(H,15,17). The molecule has 0 spiro atoms. The van der Waals surface area contributed by atoms with E-state index in [4.69, 9.17) is 0 Å². The van der Waals surface area contributed by atoms with E-state index in [9.17, 15) is 4.79 Å². The number of nitrogens with one attached hydrogen (secondary N) is 1. The Labute approximate surface area is 103 Å². The van der Waals surface area contributed by atoms with Crippen LogP contribution in [0.15, 0.2) is 35.9 Å². The quantitative estimate of drug-likeness (QED) is 0.808. The van der Waals surface area contributed by atoms with Gasteiger partial charge in [-0.2, -0.15) is 0 Å². The van der Waals surface area contributed by atoms with Crippen molar-refractivity contribution >= 4 is 11.6 Å². The number of hydrogen-bond acceptors (Lipinski definition) is 2. The summed E-state index contributed by atoms with van der Waals surface area (Å²) in [4.78, 5) is 13.5. The Kier molecular flexibility index (Phi) is 4.76. The van der Waals surface area contributed by atoms with E-state index in [1.54, 1.807) is 6.08 Å². The smallest absolute Gasteiger partial charge is 0.244 e. The molecule has 0 unspecified atom stereocenters. The molecular formula is C14H20N2O. The van der Waals surface area contributed by atoms with Gasteiger partial charge in [-0.3, -0.25) is 4.79 Å². The number of benzene rings is 1. The summed E-state index contributed by atoms with van der Waals surface area (Å²) in [5, 5.41) is 2.85. The van der Waals surface area contributed by atoms with Gasteiger partial charge in [0.2, 0.25) is 5.91 Å². The minimum absolute atomic E-state index is 0.0401. The fourth-order valence-electron chi connectivity index (χ4n) is 1.41. The average molecular weight is 232 g/mol. The Morgan fingerprint density at radius 3 is 2.29 bits per heavy atom. The molecule has 0 saturated carbocycles. The average Bonchev–Trinajstić information content (AvgIpc) is 2.26. The second kappa shape index (κ2) is 6.09. The molecular weight excluding hydrogens is 212 g/mol. The Morgan fingerprint density at radius 2 is 1.82 bits per heavy atom. The van der Waals surface area contributed by atoms with Gasteiger partial charge in [-0.15, -0.1) is 0 Å². The zero-order valence-corrected chi connectivity index (χ0v) is 10.9. The van der Waals surface area contributed by atoms with Crippen molar-refractivity contribution in [3.8, 4) is 0 Å². The molecule has 0 aromatic heterocycles. The van der Waals surface area contributed by atoms with Crippen molar-refractivity contribution in [3.05, 3.63) is 41.5 Å². The van der Waals surface area contributed by atoms with Gasteiger partial charge in [0.15, 0.2) is 0 Å². The highest BCUT2D eigenvalue weighted by atomic mass is 16.1. The molecule has 1 aromatic rings. The van der Waals surface area contributed by atoms with E-state index in [0.717, 1.165) is 16.8 Å². The predicted octanol–water partition coefficient (Wildman–Crippen LogP) is 2.33. The summed E-state index contributed by atoms with van der Waals surface area (Å²) in [6, 6.07) is 8.14. The molecule has 0 fully saturated rings. The van der Waals surface area contributed by atoms with Crippen LogP contribution >= 0.6 is 0 Å². The first-order chi connectivity index (χ1) is 7.99. The molecule has 0 saturated heterocycles. The minimum atomic E-state index is -0.0401. The summed E-state index contributed by atoms with van der Waals surface area (Å²) in [7, 11) is 4.01. The molecule has 1 aromatic carbocycles. The number of anilines is 1. The number of allylic oxidation sites excluding steroid dienone is 1. The lowest BCUT2D eigenvalue weighted by Crippen LogP contribution is -2.20. The maximum atomic E-state index is 11.4. The Bertz CT molecular complexity index is 401. The number of amides is 1. The lowest BCUT2D eigenvalue weighted by atomic mass is 10.2. The Balaban J connectivity index is 2.53. The summed E-state index contributed by atoms with van der Waals surface area (Å²) >= 11 is 0. The topological polar surface area (TPSA) is 32.3 Å². The number of carbonyl (C=O) groups excluding carboxylic acids is 1. The van der Waals surface area contributed by atoms with Gasteiger partial charge >= 0.3 is 0 Å². The van der Waals surface area contributed by atoms with Gasteiger partial charge in [-0.1, -0.05) is 17.7 Å². The van der Waals surface area contributed by atoms with Crippen molar-refractivity contribution in [2.75, 3.05) is 19.0 Å². The van der Waals surface area contributed by atoms with Gasteiger partial charge in [0.25, 0.3) is 0 Å². The van der Waals surface area contributed by atoms with Crippen LogP contribution in [0, 0.1) is 0 Å². The summed E-state index contributed by atoms with van der Waals surface area (Å²) in [6.45, 7) is 4.38. The first kappa shape index (κ1) is 13.3. The molecule has 17 heavy (non-hydrogen) atoms. The van der Waals surface area contributed by atoms with Crippen LogP contribution in [0.1, 0.15) is 19.4 Å². The SMILES string of the molecule is CC(C)=CC(=O)NCc1ccc(N(C)C)cc1.